The lowest BCUT2D eigenvalue weighted by Crippen LogP contribution is -2.01. The Kier molecular flexibility index (Phi) is 4.35. The molecule has 0 unspecified atom stereocenters. The van der Waals surface area contributed by atoms with E-state index in [1.165, 1.54) is 0 Å². The van der Waals surface area contributed by atoms with Gasteiger partial charge >= 0.3 is 0 Å². The van der Waals surface area contributed by atoms with Crippen LogP contribution in [0.5, 0.6) is 0 Å². The maximum Gasteiger partial charge on any atom is 0.0473 e. The number of anilines is 1. The topological polar surface area (TPSA) is 26.0 Å². The van der Waals surface area contributed by atoms with Gasteiger partial charge in [-0.1, -0.05) is 73.8 Å². The minimum atomic E-state index is 0.725. The molecule has 0 spiro atoms. The molecule has 2 N–H and O–H groups in total. The largest absolute Gasteiger partial charge is 0.398 e. The van der Waals surface area contributed by atoms with Gasteiger partial charge in [-0.05, 0) is 46.9 Å². The average molecular weight is 311 g/mol. The number of nitrogen functional groups attached to an aromatic ring is 1. The third-order valence-electron chi connectivity index (χ3n) is 4.22. The maximum atomic E-state index is 6.51. The van der Waals surface area contributed by atoms with E-state index in [9.17, 15) is 0 Å². The summed E-state index contributed by atoms with van der Waals surface area (Å²) in [4.78, 5) is 0. The molecule has 0 aromatic heterocycles. The molecule has 0 atom stereocenters. The predicted octanol–water partition coefficient (Wildman–Crippen LogP) is 5.70. The van der Waals surface area contributed by atoms with Crippen LogP contribution in [-0.4, -0.2) is 0 Å². The second-order valence-electron chi connectivity index (χ2n) is 5.96. The Morgan fingerprint density at radius 1 is 0.708 bits per heavy atom. The van der Waals surface area contributed by atoms with Crippen LogP contribution in [-0.2, 0) is 0 Å². The van der Waals surface area contributed by atoms with Gasteiger partial charge in [-0.15, -0.1) is 0 Å². The SMILES string of the molecule is C=C(c1ccccc1)c1cc(C)cc(C(=C)c2ccccc2)c1N. The molecule has 0 aliphatic carbocycles. The molecular formula is C23H21N. The van der Waals surface area contributed by atoms with Crippen molar-refractivity contribution in [3.63, 3.8) is 0 Å². The lowest BCUT2D eigenvalue weighted by Gasteiger charge is -2.17. The van der Waals surface area contributed by atoms with Gasteiger partial charge in [0, 0.05) is 16.8 Å². The molecule has 3 aromatic rings. The average Bonchev–Trinajstić information content (AvgIpc) is 2.63. The van der Waals surface area contributed by atoms with Crippen molar-refractivity contribution in [1.82, 2.24) is 0 Å². The molecule has 24 heavy (non-hydrogen) atoms. The molecule has 0 bridgehead atoms. The standard InChI is InChI=1S/C23H21N/c1-16-14-21(17(2)19-10-6-4-7-11-19)23(24)22(15-16)18(3)20-12-8-5-9-13-20/h4-15H,2-3,24H2,1H3. The zero-order valence-electron chi connectivity index (χ0n) is 13.9. The molecule has 0 fully saturated rings. The van der Waals surface area contributed by atoms with Gasteiger partial charge in [-0.25, -0.2) is 0 Å². The Morgan fingerprint density at radius 3 is 1.46 bits per heavy atom. The van der Waals surface area contributed by atoms with Gasteiger partial charge in [0.1, 0.15) is 0 Å². The van der Waals surface area contributed by atoms with Gasteiger partial charge < -0.3 is 5.73 Å². The van der Waals surface area contributed by atoms with Crippen LogP contribution in [0.15, 0.2) is 86.0 Å². The van der Waals surface area contributed by atoms with Crippen LogP contribution in [0, 0.1) is 6.92 Å². The summed E-state index contributed by atoms with van der Waals surface area (Å²) in [7, 11) is 0. The Labute approximate surface area is 143 Å². The van der Waals surface area contributed by atoms with Crippen molar-refractivity contribution in [2.45, 2.75) is 6.92 Å². The number of benzene rings is 3. The first-order valence-electron chi connectivity index (χ1n) is 7.97. The van der Waals surface area contributed by atoms with Gasteiger partial charge in [-0.2, -0.15) is 0 Å². The third-order valence-corrected chi connectivity index (χ3v) is 4.22. The Hall–Kier alpha value is -3.06. The van der Waals surface area contributed by atoms with E-state index in [2.05, 4.69) is 56.5 Å². The number of hydrogen-bond acceptors (Lipinski definition) is 1. The highest BCUT2D eigenvalue weighted by molar-refractivity contribution is 5.92. The molecule has 118 valence electrons. The summed E-state index contributed by atoms with van der Waals surface area (Å²) in [5.74, 6) is 0. The first-order chi connectivity index (χ1) is 11.6. The first-order valence-corrected chi connectivity index (χ1v) is 7.97. The zero-order chi connectivity index (χ0) is 17.1. The monoisotopic (exact) mass is 311 g/mol. The summed E-state index contributed by atoms with van der Waals surface area (Å²) < 4.78 is 0. The Bertz CT molecular complexity index is 817. The van der Waals surface area contributed by atoms with Crippen molar-refractivity contribution >= 4 is 16.8 Å². The minimum Gasteiger partial charge on any atom is -0.398 e. The van der Waals surface area contributed by atoms with Crippen molar-refractivity contribution in [3.05, 3.63) is 114 Å². The molecule has 0 aliphatic heterocycles. The van der Waals surface area contributed by atoms with Crippen molar-refractivity contribution in [3.8, 4) is 0 Å². The minimum absolute atomic E-state index is 0.725. The summed E-state index contributed by atoms with van der Waals surface area (Å²) in [6.07, 6.45) is 0. The molecular weight excluding hydrogens is 290 g/mol. The fourth-order valence-corrected chi connectivity index (χ4v) is 2.89. The van der Waals surface area contributed by atoms with Crippen molar-refractivity contribution in [1.29, 1.82) is 0 Å². The van der Waals surface area contributed by atoms with Crippen LogP contribution in [0.3, 0.4) is 0 Å². The van der Waals surface area contributed by atoms with Crippen molar-refractivity contribution in [2.75, 3.05) is 5.73 Å². The number of aryl methyl sites for hydroxylation is 1. The summed E-state index contributed by atoms with van der Waals surface area (Å²) in [6, 6.07) is 24.4. The number of nitrogens with two attached hydrogens (primary N) is 1. The van der Waals surface area contributed by atoms with Crippen LogP contribution in [0.4, 0.5) is 5.69 Å². The highest BCUT2D eigenvalue weighted by atomic mass is 14.6. The number of hydrogen-bond donors (Lipinski definition) is 1. The van der Waals surface area contributed by atoms with Crippen molar-refractivity contribution < 1.29 is 0 Å². The van der Waals surface area contributed by atoms with E-state index in [4.69, 9.17) is 5.73 Å². The van der Waals surface area contributed by atoms with Gasteiger partial charge in [0.2, 0.25) is 0 Å². The van der Waals surface area contributed by atoms with E-state index in [1.54, 1.807) is 0 Å². The normalized spacial score (nSPS) is 10.4. The third kappa shape index (κ3) is 3.02. The Balaban J connectivity index is 2.09. The summed E-state index contributed by atoms with van der Waals surface area (Å²) >= 11 is 0. The predicted molar refractivity (Wildman–Crippen MR) is 105 cm³/mol. The van der Waals surface area contributed by atoms with Crippen LogP contribution in [0.1, 0.15) is 27.8 Å². The molecule has 0 radical (unpaired) electrons. The van der Waals surface area contributed by atoms with E-state index in [1.807, 2.05) is 36.4 Å². The van der Waals surface area contributed by atoms with Crippen LogP contribution in [0.2, 0.25) is 0 Å². The van der Waals surface area contributed by atoms with E-state index < -0.39 is 0 Å². The molecule has 0 amide bonds. The maximum absolute atomic E-state index is 6.51. The second-order valence-corrected chi connectivity index (χ2v) is 5.96. The summed E-state index contributed by atoms with van der Waals surface area (Å²) in [5.41, 5.74) is 14.3. The quantitative estimate of drug-likeness (QED) is 0.614. The van der Waals surface area contributed by atoms with Crippen LogP contribution >= 0.6 is 0 Å². The van der Waals surface area contributed by atoms with Crippen molar-refractivity contribution in [2.24, 2.45) is 0 Å². The molecule has 3 rings (SSSR count). The second kappa shape index (κ2) is 6.59. The Morgan fingerprint density at radius 2 is 1.08 bits per heavy atom. The molecule has 1 nitrogen and oxygen atoms in total. The molecule has 1 heteroatoms. The zero-order valence-corrected chi connectivity index (χ0v) is 13.9. The fraction of sp³-hybridized carbons (Fsp3) is 0.0435. The van der Waals surface area contributed by atoms with Gasteiger partial charge in [0.25, 0.3) is 0 Å². The van der Waals surface area contributed by atoms with Crippen LogP contribution in [0.25, 0.3) is 11.1 Å². The smallest absolute Gasteiger partial charge is 0.0473 e. The summed E-state index contributed by atoms with van der Waals surface area (Å²) in [5, 5.41) is 0. The van der Waals surface area contributed by atoms with Gasteiger partial charge in [0.05, 0.1) is 0 Å². The molecule has 0 aliphatic rings. The summed E-state index contributed by atoms with van der Waals surface area (Å²) in [6.45, 7) is 10.6. The van der Waals surface area contributed by atoms with Crippen LogP contribution < -0.4 is 5.73 Å². The highest BCUT2D eigenvalue weighted by Gasteiger charge is 2.14. The first kappa shape index (κ1) is 15.8. The highest BCUT2D eigenvalue weighted by Crippen LogP contribution is 2.35. The lowest BCUT2D eigenvalue weighted by molar-refractivity contribution is 1.41. The lowest BCUT2D eigenvalue weighted by atomic mass is 9.90. The fourth-order valence-electron chi connectivity index (χ4n) is 2.89. The molecule has 0 heterocycles. The van der Waals surface area contributed by atoms with E-state index in [-0.39, 0.29) is 0 Å². The van der Waals surface area contributed by atoms with E-state index >= 15 is 0 Å². The molecule has 3 aromatic carbocycles. The van der Waals surface area contributed by atoms with E-state index in [0.717, 1.165) is 44.7 Å². The van der Waals surface area contributed by atoms with E-state index in [0.29, 0.717) is 0 Å². The molecule has 0 saturated heterocycles. The molecule has 0 saturated carbocycles. The van der Waals surface area contributed by atoms with Gasteiger partial charge in [-0.3, -0.25) is 0 Å². The van der Waals surface area contributed by atoms with Gasteiger partial charge in [0.15, 0.2) is 0 Å². The number of rotatable bonds is 4.